The largest absolute Gasteiger partial charge is 0.375 e. The van der Waals surface area contributed by atoms with Crippen LogP contribution in [0.1, 0.15) is 19.3 Å². The third kappa shape index (κ3) is 5.40. The van der Waals surface area contributed by atoms with E-state index in [1.165, 1.54) is 50.5 Å². The van der Waals surface area contributed by atoms with Crippen molar-refractivity contribution >= 4 is 11.4 Å². The zero-order valence-corrected chi connectivity index (χ0v) is 17.4. The van der Waals surface area contributed by atoms with Crippen LogP contribution >= 0.6 is 0 Å². The molecule has 2 aliphatic heterocycles. The van der Waals surface area contributed by atoms with Crippen LogP contribution in [0.15, 0.2) is 24.3 Å². The van der Waals surface area contributed by atoms with Crippen LogP contribution in [0.5, 0.6) is 0 Å². The summed E-state index contributed by atoms with van der Waals surface area (Å²) in [6, 6.07) is 9.18. The maximum absolute atomic E-state index is 5.37. The molecule has 2 aliphatic rings. The smallest absolute Gasteiger partial charge is 0.0367 e. The standard InChI is InChI=1S/C23H36N4/c1-5-6-7-15-26-16-20-18-27(19-21(20)17-26)23-11-9-22(10-12-23)25(4)14-8-13-24(2)3/h1,9-12,20-21H,6-8,13-19H2,2-4H3/t20-,21+. The molecule has 2 fully saturated rings. The summed E-state index contributed by atoms with van der Waals surface area (Å²) in [7, 11) is 6.47. The van der Waals surface area contributed by atoms with Gasteiger partial charge in [-0.2, -0.15) is 0 Å². The molecule has 0 radical (unpaired) electrons. The highest BCUT2D eigenvalue weighted by atomic mass is 15.2. The summed E-state index contributed by atoms with van der Waals surface area (Å²) in [5, 5.41) is 0. The molecule has 0 bridgehead atoms. The zero-order chi connectivity index (χ0) is 19.2. The van der Waals surface area contributed by atoms with Gasteiger partial charge in [0.25, 0.3) is 0 Å². The number of fused-ring (bicyclic) bond motifs is 1. The van der Waals surface area contributed by atoms with Crippen molar-refractivity contribution in [2.45, 2.75) is 19.3 Å². The molecule has 1 aromatic rings. The summed E-state index contributed by atoms with van der Waals surface area (Å²) in [5.41, 5.74) is 2.70. The SMILES string of the molecule is C#CCCCN1C[C@@H]2CN(c3ccc(N(C)CCCN(C)C)cc3)C[C@@H]2C1. The lowest BCUT2D eigenvalue weighted by atomic mass is 10.0. The number of nitrogens with zero attached hydrogens (tertiary/aromatic N) is 4. The van der Waals surface area contributed by atoms with Crippen molar-refractivity contribution in [2.24, 2.45) is 11.8 Å². The first-order valence-electron chi connectivity index (χ1n) is 10.4. The Labute approximate surface area is 166 Å². The minimum atomic E-state index is 0.823. The van der Waals surface area contributed by atoms with Gasteiger partial charge in [0.2, 0.25) is 0 Å². The van der Waals surface area contributed by atoms with Crippen LogP contribution in [0.25, 0.3) is 0 Å². The zero-order valence-electron chi connectivity index (χ0n) is 17.4. The first-order chi connectivity index (χ1) is 13.1. The van der Waals surface area contributed by atoms with Gasteiger partial charge in [0.05, 0.1) is 0 Å². The molecule has 148 valence electrons. The van der Waals surface area contributed by atoms with E-state index in [2.05, 4.69) is 70.9 Å². The van der Waals surface area contributed by atoms with E-state index >= 15 is 0 Å². The van der Waals surface area contributed by atoms with Gasteiger partial charge in [-0.05, 0) is 76.1 Å². The van der Waals surface area contributed by atoms with Crippen molar-refractivity contribution < 1.29 is 0 Å². The first-order valence-corrected chi connectivity index (χ1v) is 10.4. The van der Waals surface area contributed by atoms with Gasteiger partial charge in [0.15, 0.2) is 0 Å². The summed E-state index contributed by atoms with van der Waals surface area (Å²) in [5.74, 6) is 4.41. The average Bonchev–Trinajstić information content (AvgIpc) is 3.20. The predicted octanol–water partition coefficient (Wildman–Crippen LogP) is 2.86. The van der Waals surface area contributed by atoms with Crippen molar-refractivity contribution in [3.63, 3.8) is 0 Å². The van der Waals surface area contributed by atoms with Crippen LogP contribution in [-0.2, 0) is 0 Å². The summed E-state index contributed by atoms with van der Waals surface area (Å²) >= 11 is 0. The van der Waals surface area contributed by atoms with E-state index in [9.17, 15) is 0 Å². The third-order valence-electron chi connectivity index (χ3n) is 6.11. The second-order valence-corrected chi connectivity index (χ2v) is 8.59. The van der Waals surface area contributed by atoms with Gasteiger partial charge in [-0.3, -0.25) is 0 Å². The van der Waals surface area contributed by atoms with Crippen molar-refractivity contribution in [1.82, 2.24) is 9.80 Å². The van der Waals surface area contributed by atoms with Crippen LogP contribution in [0.4, 0.5) is 11.4 Å². The molecule has 0 amide bonds. The van der Waals surface area contributed by atoms with Crippen LogP contribution in [0.2, 0.25) is 0 Å². The molecule has 4 heteroatoms. The Bertz CT molecular complexity index is 604. The monoisotopic (exact) mass is 368 g/mol. The number of unbranched alkanes of at least 4 members (excludes halogenated alkanes) is 1. The predicted molar refractivity (Wildman–Crippen MR) is 117 cm³/mol. The molecule has 0 aromatic heterocycles. The van der Waals surface area contributed by atoms with Crippen molar-refractivity contribution in [2.75, 3.05) is 76.8 Å². The molecule has 2 saturated heterocycles. The lowest BCUT2D eigenvalue weighted by molar-refractivity contribution is 0.314. The van der Waals surface area contributed by atoms with E-state index in [1.807, 2.05) is 0 Å². The Morgan fingerprint density at radius 3 is 2.22 bits per heavy atom. The molecule has 27 heavy (non-hydrogen) atoms. The molecule has 0 N–H and O–H groups in total. The second-order valence-electron chi connectivity index (χ2n) is 8.59. The molecule has 0 spiro atoms. The number of benzene rings is 1. The lowest BCUT2D eigenvalue weighted by Gasteiger charge is -2.24. The Balaban J connectivity index is 1.46. The highest BCUT2D eigenvalue weighted by Crippen LogP contribution is 2.34. The third-order valence-corrected chi connectivity index (χ3v) is 6.11. The fourth-order valence-corrected chi connectivity index (χ4v) is 4.56. The minimum absolute atomic E-state index is 0.823. The molecule has 2 atom stereocenters. The van der Waals surface area contributed by atoms with E-state index < -0.39 is 0 Å². The number of hydrogen-bond acceptors (Lipinski definition) is 4. The second kappa shape index (κ2) is 9.48. The number of anilines is 2. The summed E-state index contributed by atoms with van der Waals surface area (Å²) < 4.78 is 0. The maximum Gasteiger partial charge on any atom is 0.0367 e. The molecule has 0 saturated carbocycles. The van der Waals surface area contributed by atoms with Gasteiger partial charge >= 0.3 is 0 Å². The fourth-order valence-electron chi connectivity index (χ4n) is 4.56. The van der Waals surface area contributed by atoms with E-state index in [-0.39, 0.29) is 0 Å². The van der Waals surface area contributed by atoms with Crippen LogP contribution in [0.3, 0.4) is 0 Å². The Morgan fingerprint density at radius 2 is 1.63 bits per heavy atom. The molecule has 4 nitrogen and oxygen atoms in total. The first kappa shape index (κ1) is 20.0. The fraction of sp³-hybridized carbons (Fsp3) is 0.652. The summed E-state index contributed by atoms with van der Waals surface area (Å²) in [6.45, 7) is 8.31. The van der Waals surface area contributed by atoms with Gasteiger partial charge in [0, 0.05) is 57.6 Å². The number of hydrogen-bond donors (Lipinski definition) is 0. The number of terminal acetylenes is 1. The normalized spacial score (nSPS) is 22.3. The Hall–Kier alpha value is -1.70. The van der Waals surface area contributed by atoms with Crippen molar-refractivity contribution in [1.29, 1.82) is 0 Å². The van der Waals surface area contributed by atoms with E-state index in [0.29, 0.717) is 0 Å². The molecule has 3 rings (SSSR count). The average molecular weight is 369 g/mol. The van der Waals surface area contributed by atoms with Gasteiger partial charge in [-0.15, -0.1) is 12.3 Å². The maximum atomic E-state index is 5.37. The summed E-state index contributed by atoms with van der Waals surface area (Å²) in [4.78, 5) is 9.82. The molecule has 2 heterocycles. The number of rotatable bonds is 9. The van der Waals surface area contributed by atoms with Crippen LogP contribution < -0.4 is 9.80 Å². The van der Waals surface area contributed by atoms with Gasteiger partial charge in [0.1, 0.15) is 0 Å². The van der Waals surface area contributed by atoms with Crippen LogP contribution in [0, 0.1) is 24.2 Å². The molecule has 0 unspecified atom stereocenters. The van der Waals surface area contributed by atoms with Crippen molar-refractivity contribution in [3.05, 3.63) is 24.3 Å². The molecule has 1 aromatic carbocycles. The highest BCUT2D eigenvalue weighted by molar-refractivity contribution is 5.56. The topological polar surface area (TPSA) is 13.0 Å². The lowest BCUT2D eigenvalue weighted by Crippen LogP contribution is -2.29. The van der Waals surface area contributed by atoms with E-state index in [1.54, 1.807) is 0 Å². The van der Waals surface area contributed by atoms with Gasteiger partial charge < -0.3 is 19.6 Å². The Kier molecular flexibility index (Phi) is 7.04. The Morgan fingerprint density at radius 1 is 0.963 bits per heavy atom. The molecular weight excluding hydrogens is 332 g/mol. The quantitative estimate of drug-likeness (QED) is 0.491. The number of likely N-dealkylation sites (tertiary alicyclic amines) is 1. The van der Waals surface area contributed by atoms with E-state index in [0.717, 1.165) is 37.8 Å². The van der Waals surface area contributed by atoms with Gasteiger partial charge in [-0.1, -0.05) is 0 Å². The molecular formula is C23H36N4. The van der Waals surface area contributed by atoms with E-state index in [4.69, 9.17) is 6.42 Å². The molecule has 0 aliphatic carbocycles. The minimum Gasteiger partial charge on any atom is -0.375 e. The highest BCUT2D eigenvalue weighted by Gasteiger charge is 2.39. The van der Waals surface area contributed by atoms with Crippen molar-refractivity contribution in [3.8, 4) is 12.3 Å². The van der Waals surface area contributed by atoms with Gasteiger partial charge in [-0.25, -0.2) is 0 Å². The van der Waals surface area contributed by atoms with Crippen LogP contribution in [-0.4, -0.2) is 76.8 Å². The summed E-state index contributed by atoms with van der Waals surface area (Å²) in [6.07, 6.45) is 8.62.